The minimum absolute atomic E-state index is 0.0837. The molecule has 0 aromatic carbocycles. The summed E-state index contributed by atoms with van der Waals surface area (Å²) in [4.78, 5) is 32.4. The van der Waals surface area contributed by atoms with Gasteiger partial charge >= 0.3 is 5.69 Å². The van der Waals surface area contributed by atoms with E-state index >= 15 is 0 Å². The zero-order valence-corrected chi connectivity index (χ0v) is 17.2. The third kappa shape index (κ3) is 2.97. The Morgan fingerprint density at radius 3 is 2.36 bits per heavy atom. The highest BCUT2D eigenvalue weighted by atomic mass is 16.2. The second-order valence-corrected chi connectivity index (χ2v) is 7.96. The van der Waals surface area contributed by atoms with Gasteiger partial charge < -0.3 is 4.90 Å². The molecule has 2 aliphatic rings. The molecule has 1 saturated heterocycles. The number of fused-ring (bicyclic) bond motifs is 3. The number of nitrogens with zero attached hydrogens (tertiary/aromatic N) is 7. The van der Waals surface area contributed by atoms with Crippen molar-refractivity contribution in [2.24, 2.45) is 19.2 Å². The predicted molar refractivity (Wildman–Crippen MR) is 110 cm³/mol. The average Bonchev–Trinajstić information content (AvgIpc) is 2.90. The summed E-state index contributed by atoms with van der Waals surface area (Å²) in [5.74, 6) is 0.640. The fraction of sp³-hybridized carbons (Fsp3) is 0.684. The second kappa shape index (κ2) is 7.20. The van der Waals surface area contributed by atoms with E-state index in [0.717, 1.165) is 29.9 Å². The van der Waals surface area contributed by atoms with Crippen molar-refractivity contribution in [3.63, 3.8) is 0 Å². The number of anilines is 1. The molecule has 9 heteroatoms. The highest BCUT2D eigenvalue weighted by Crippen LogP contribution is 2.29. The van der Waals surface area contributed by atoms with Gasteiger partial charge in [0.25, 0.3) is 5.56 Å². The standard InChI is InChI=1S/C19H29N7O2/c1-13-14(2)26-15-16(22(3)19(28)23(4)17(15)27)20-18(26)25(21-13)12-11-24-9-7-5-6-8-10-24/h14H,5-12H2,1-4H3/t14-/m1/s1. The molecule has 28 heavy (non-hydrogen) atoms. The summed E-state index contributed by atoms with van der Waals surface area (Å²) < 4.78 is 4.52. The summed E-state index contributed by atoms with van der Waals surface area (Å²) in [5.41, 5.74) is 1.12. The molecule has 0 radical (unpaired) electrons. The van der Waals surface area contributed by atoms with Crippen molar-refractivity contribution >= 4 is 22.8 Å². The Hall–Kier alpha value is -2.42. The molecule has 4 heterocycles. The van der Waals surface area contributed by atoms with Gasteiger partial charge in [-0.25, -0.2) is 9.80 Å². The van der Waals surface area contributed by atoms with Crippen LogP contribution < -0.4 is 16.3 Å². The van der Waals surface area contributed by atoms with Crippen LogP contribution in [0.5, 0.6) is 0 Å². The molecule has 0 spiro atoms. The van der Waals surface area contributed by atoms with Crippen LogP contribution in [0.25, 0.3) is 11.2 Å². The van der Waals surface area contributed by atoms with Crippen molar-refractivity contribution in [1.29, 1.82) is 0 Å². The van der Waals surface area contributed by atoms with Gasteiger partial charge in [-0.3, -0.25) is 18.5 Å². The smallest absolute Gasteiger partial charge is 0.301 e. The largest absolute Gasteiger partial charge is 0.332 e. The highest BCUT2D eigenvalue weighted by Gasteiger charge is 2.30. The lowest BCUT2D eigenvalue weighted by atomic mass is 10.2. The van der Waals surface area contributed by atoms with Crippen LogP contribution in [-0.2, 0) is 14.1 Å². The Morgan fingerprint density at radius 2 is 1.68 bits per heavy atom. The number of hydrogen-bond acceptors (Lipinski definition) is 6. The first kappa shape index (κ1) is 18.9. The topological polar surface area (TPSA) is 80.7 Å². The Kier molecular flexibility index (Phi) is 4.86. The van der Waals surface area contributed by atoms with Gasteiger partial charge in [0.2, 0.25) is 5.95 Å². The third-order valence-electron chi connectivity index (χ3n) is 6.10. The molecule has 0 bridgehead atoms. The lowest BCUT2D eigenvalue weighted by Gasteiger charge is -2.30. The van der Waals surface area contributed by atoms with Crippen molar-refractivity contribution in [3.05, 3.63) is 20.8 Å². The van der Waals surface area contributed by atoms with E-state index < -0.39 is 0 Å². The SMILES string of the molecule is CC1=NN(CCN2CCCCCC2)c2nc3c(c(=O)n(C)c(=O)n3C)n2[C@@H]1C. The number of likely N-dealkylation sites (tertiary alicyclic amines) is 1. The van der Waals surface area contributed by atoms with Gasteiger partial charge in [-0.1, -0.05) is 12.8 Å². The predicted octanol–water partition coefficient (Wildman–Crippen LogP) is 1.07. The molecule has 9 nitrogen and oxygen atoms in total. The van der Waals surface area contributed by atoms with E-state index in [4.69, 9.17) is 5.10 Å². The van der Waals surface area contributed by atoms with Crippen molar-refractivity contribution in [1.82, 2.24) is 23.6 Å². The van der Waals surface area contributed by atoms with Crippen LogP contribution in [-0.4, -0.2) is 55.5 Å². The van der Waals surface area contributed by atoms with Crippen molar-refractivity contribution in [2.45, 2.75) is 45.6 Å². The number of imidazole rings is 1. The molecule has 152 valence electrons. The van der Waals surface area contributed by atoms with Gasteiger partial charge in [-0.15, -0.1) is 0 Å². The number of rotatable bonds is 3. The van der Waals surface area contributed by atoms with Crippen molar-refractivity contribution in [2.75, 3.05) is 31.2 Å². The fourth-order valence-electron chi connectivity index (χ4n) is 4.20. The van der Waals surface area contributed by atoms with Gasteiger partial charge in [-0.05, 0) is 39.8 Å². The molecule has 0 amide bonds. The molecule has 2 aliphatic heterocycles. The maximum atomic E-state index is 12.9. The maximum Gasteiger partial charge on any atom is 0.332 e. The molecular weight excluding hydrogens is 358 g/mol. The molecule has 1 fully saturated rings. The molecule has 0 N–H and O–H groups in total. The Balaban J connectivity index is 1.75. The highest BCUT2D eigenvalue weighted by molar-refractivity contribution is 5.91. The van der Waals surface area contributed by atoms with Crippen LogP contribution in [0.1, 0.15) is 45.6 Å². The fourth-order valence-corrected chi connectivity index (χ4v) is 4.20. The second-order valence-electron chi connectivity index (χ2n) is 7.96. The van der Waals surface area contributed by atoms with Gasteiger partial charge in [0.15, 0.2) is 11.2 Å². The molecule has 0 saturated carbocycles. The summed E-state index contributed by atoms with van der Waals surface area (Å²) in [6.45, 7) is 7.86. The monoisotopic (exact) mass is 387 g/mol. The molecule has 0 aliphatic carbocycles. The van der Waals surface area contributed by atoms with Crippen molar-refractivity contribution in [3.8, 4) is 0 Å². The van der Waals surface area contributed by atoms with Gasteiger partial charge in [-0.2, -0.15) is 10.1 Å². The first-order valence-corrected chi connectivity index (χ1v) is 10.1. The van der Waals surface area contributed by atoms with Crippen LogP contribution in [0.3, 0.4) is 0 Å². The lowest BCUT2D eigenvalue weighted by Crippen LogP contribution is -2.39. The molecular formula is C19H29N7O2. The number of hydrazone groups is 1. The summed E-state index contributed by atoms with van der Waals surface area (Å²) in [5, 5.41) is 6.65. The van der Waals surface area contributed by atoms with Gasteiger partial charge in [0.05, 0.1) is 18.3 Å². The van der Waals surface area contributed by atoms with Crippen LogP contribution in [0.15, 0.2) is 14.7 Å². The summed E-state index contributed by atoms with van der Waals surface area (Å²) in [7, 11) is 3.17. The van der Waals surface area contributed by atoms with E-state index in [2.05, 4.69) is 9.88 Å². The quantitative estimate of drug-likeness (QED) is 0.787. The van der Waals surface area contributed by atoms with E-state index in [1.807, 2.05) is 23.4 Å². The molecule has 2 aromatic heterocycles. The molecule has 4 rings (SSSR count). The van der Waals surface area contributed by atoms with Crippen molar-refractivity contribution < 1.29 is 0 Å². The number of hydrogen-bond donors (Lipinski definition) is 0. The third-order valence-corrected chi connectivity index (χ3v) is 6.10. The zero-order chi connectivity index (χ0) is 20.0. The van der Waals surface area contributed by atoms with Gasteiger partial charge in [0, 0.05) is 20.6 Å². The minimum Gasteiger partial charge on any atom is -0.301 e. The van der Waals surface area contributed by atoms with E-state index in [9.17, 15) is 9.59 Å². The summed E-state index contributed by atoms with van der Waals surface area (Å²) in [6, 6.07) is -0.0837. The van der Waals surface area contributed by atoms with Crippen LogP contribution in [0.4, 0.5) is 5.95 Å². The van der Waals surface area contributed by atoms with E-state index in [-0.39, 0.29) is 17.3 Å². The van der Waals surface area contributed by atoms with Crippen LogP contribution >= 0.6 is 0 Å². The molecule has 1 atom stereocenters. The lowest BCUT2D eigenvalue weighted by molar-refractivity contribution is 0.289. The normalized spacial score (nSPS) is 20.9. The van der Waals surface area contributed by atoms with Crippen LogP contribution in [0, 0.1) is 0 Å². The van der Waals surface area contributed by atoms with Crippen LogP contribution in [0.2, 0.25) is 0 Å². The summed E-state index contributed by atoms with van der Waals surface area (Å²) in [6.07, 6.45) is 5.11. The Labute approximate surface area is 163 Å². The minimum atomic E-state index is -0.366. The maximum absolute atomic E-state index is 12.9. The Bertz CT molecular complexity index is 1040. The number of aryl methyl sites for hydroxylation is 1. The summed E-state index contributed by atoms with van der Waals surface area (Å²) >= 11 is 0. The average molecular weight is 387 g/mol. The van der Waals surface area contributed by atoms with E-state index in [0.29, 0.717) is 23.7 Å². The first-order valence-electron chi connectivity index (χ1n) is 10.1. The van der Waals surface area contributed by atoms with E-state index in [1.54, 1.807) is 7.05 Å². The van der Waals surface area contributed by atoms with E-state index in [1.165, 1.54) is 37.3 Å². The molecule has 0 unspecified atom stereocenters. The first-order chi connectivity index (χ1) is 13.4. The zero-order valence-electron chi connectivity index (χ0n) is 17.2. The molecule has 2 aromatic rings. The number of aromatic nitrogens is 4. The van der Waals surface area contributed by atoms with Gasteiger partial charge in [0.1, 0.15) is 0 Å². The Morgan fingerprint density at radius 1 is 1.00 bits per heavy atom.